The first-order valence-corrected chi connectivity index (χ1v) is 6.29. The molecule has 0 aliphatic heterocycles. The maximum atomic E-state index is 9.89. The number of likely N-dealkylation sites (N-methyl/N-ethyl adjacent to an activating group) is 1. The number of benzene rings is 1. The summed E-state index contributed by atoms with van der Waals surface area (Å²) < 4.78 is 4.93. The average molecular weight is 252 g/mol. The van der Waals surface area contributed by atoms with Gasteiger partial charge in [0.25, 0.3) is 0 Å². The maximum Gasteiger partial charge on any atom is 0.0839 e. The van der Waals surface area contributed by atoms with Crippen molar-refractivity contribution in [3.8, 4) is 0 Å². The van der Waals surface area contributed by atoms with Crippen LogP contribution in [0.1, 0.15) is 5.56 Å². The van der Waals surface area contributed by atoms with Crippen molar-refractivity contribution in [2.75, 3.05) is 45.3 Å². The zero-order valence-electron chi connectivity index (χ0n) is 11.5. The van der Waals surface area contributed by atoms with E-state index in [1.807, 2.05) is 7.05 Å². The Kier molecular flexibility index (Phi) is 6.72. The van der Waals surface area contributed by atoms with Crippen LogP contribution < -0.4 is 10.2 Å². The molecule has 0 amide bonds. The average Bonchev–Trinajstić information content (AvgIpc) is 2.35. The minimum absolute atomic E-state index is 0.381. The molecule has 1 unspecified atom stereocenters. The Balaban J connectivity index is 2.30. The summed E-state index contributed by atoms with van der Waals surface area (Å²) in [6.07, 6.45) is -0.381. The van der Waals surface area contributed by atoms with Crippen LogP contribution in [-0.2, 0) is 4.74 Å². The van der Waals surface area contributed by atoms with Crippen LogP contribution in [0.25, 0.3) is 0 Å². The first kappa shape index (κ1) is 15.0. The largest absolute Gasteiger partial charge is 0.390 e. The summed E-state index contributed by atoms with van der Waals surface area (Å²) in [5.41, 5.74) is 2.37. The zero-order valence-corrected chi connectivity index (χ0v) is 11.5. The van der Waals surface area contributed by atoms with E-state index in [1.165, 1.54) is 5.56 Å². The summed E-state index contributed by atoms with van der Waals surface area (Å²) in [6, 6.07) is 8.30. The number of anilines is 1. The number of aryl methyl sites for hydroxylation is 1. The third-order valence-electron chi connectivity index (χ3n) is 2.82. The molecule has 18 heavy (non-hydrogen) atoms. The second-order valence-corrected chi connectivity index (χ2v) is 4.57. The molecule has 0 saturated carbocycles. The summed E-state index contributed by atoms with van der Waals surface area (Å²) in [6.45, 7) is 4.70. The number of ether oxygens (including phenoxy) is 1. The normalized spacial score (nSPS) is 12.4. The van der Waals surface area contributed by atoms with Gasteiger partial charge in [0.15, 0.2) is 0 Å². The van der Waals surface area contributed by atoms with Crippen LogP contribution >= 0.6 is 0 Å². The molecule has 2 N–H and O–H groups in total. The SMILES string of the molecule is COCCNCC(O)CN(C)c1ccc(C)cc1. The maximum absolute atomic E-state index is 9.89. The number of hydrogen-bond donors (Lipinski definition) is 2. The van der Waals surface area contributed by atoms with Gasteiger partial charge in [-0.25, -0.2) is 0 Å². The van der Waals surface area contributed by atoms with E-state index in [4.69, 9.17) is 4.74 Å². The highest BCUT2D eigenvalue weighted by atomic mass is 16.5. The summed E-state index contributed by atoms with van der Waals surface area (Å²) in [5.74, 6) is 0. The molecule has 0 fully saturated rings. The van der Waals surface area contributed by atoms with Crippen molar-refractivity contribution >= 4 is 5.69 Å². The van der Waals surface area contributed by atoms with E-state index in [0.717, 1.165) is 12.2 Å². The van der Waals surface area contributed by atoms with E-state index in [2.05, 4.69) is 41.4 Å². The molecular weight excluding hydrogens is 228 g/mol. The predicted octanol–water partition coefficient (Wildman–Crippen LogP) is 1.03. The first-order valence-electron chi connectivity index (χ1n) is 6.29. The summed E-state index contributed by atoms with van der Waals surface area (Å²) in [4.78, 5) is 2.06. The molecule has 102 valence electrons. The minimum Gasteiger partial charge on any atom is -0.390 e. The molecule has 0 spiro atoms. The molecule has 0 aromatic heterocycles. The molecule has 1 aromatic carbocycles. The van der Waals surface area contributed by atoms with Crippen LogP contribution in [0.5, 0.6) is 0 Å². The van der Waals surface area contributed by atoms with Gasteiger partial charge < -0.3 is 20.1 Å². The number of nitrogens with zero attached hydrogens (tertiary/aromatic N) is 1. The molecule has 0 bridgehead atoms. The van der Waals surface area contributed by atoms with E-state index in [-0.39, 0.29) is 6.10 Å². The fourth-order valence-corrected chi connectivity index (χ4v) is 1.73. The van der Waals surface area contributed by atoms with E-state index in [9.17, 15) is 5.11 Å². The van der Waals surface area contributed by atoms with Crippen molar-refractivity contribution < 1.29 is 9.84 Å². The Morgan fingerprint density at radius 1 is 1.33 bits per heavy atom. The number of aliphatic hydroxyl groups is 1. The van der Waals surface area contributed by atoms with Crippen molar-refractivity contribution in [1.82, 2.24) is 5.32 Å². The third kappa shape index (κ3) is 5.49. The fourth-order valence-electron chi connectivity index (χ4n) is 1.73. The van der Waals surface area contributed by atoms with Gasteiger partial charge in [0.2, 0.25) is 0 Å². The Morgan fingerprint density at radius 2 is 2.00 bits per heavy atom. The van der Waals surface area contributed by atoms with Crippen LogP contribution in [0.2, 0.25) is 0 Å². The fraction of sp³-hybridized carbons (Fsp3) is 0.571. The van der Waals surface area contributed by atoms with Crippen molar-refractivity contribution in [2.24, 2.45) is 0 Å². The van der Waals surface area contributed by atoms with Gasteiger partial charge in [-0.15, -0.1) is 0 Å². The molecule has 4 heteroatoms. The lowest BCUT2D eigenvalue weighted by Crippen LogP contribution is -2.37. The molecule has 0 aliphatic rings. The quantitative estimate of drug-likeness (QED) is 0.678. The molecule has 0 radical (unpaired) electrons. The highest BCUT2D eigenvalue weighted by Crippen LogP contribution is 2.13. The molecule has 0 saturated heterocycles. The molecule has 0 heterocycles. The highest BCUT2D eigenvalue weighted by molar-refractivity contribution is 5.46. The number of methoxy groups -OCH3 is 1. The van der Waals surface area contributed by atoms with Gasteiger partial charge in [-0.1, -0.05) is 17.7 Å². The standard InChI is InChI=1S/C14H24N2O2/c1-12-4-6-13(7-5-12)16(2)11-14(17)10-15-8-9-18-3/h4-7,14-15,17H,8-11H2,1-3H3. The van der Waals surface area contributed by atoms with Gasteiger partial charge in [0, 0.05) is 39.5 Å². The highest BCUT2D eigenvalue weighted by Gasteiger charge is 2.08. The van der Waals surface area contributed by atoms with Crippen LogP contribution in [0, 0.1) is 6.92 Å². The summed E-state index contributed by atoms with van der Waals surface area (Å²) >= 11 is 0. The Morgan fingerprint density at radius 3 is 2.61 bits per heavy atom. The van der Waals surface area contributed by atoms with E-state index in [0.29, 0.717) is 19.7 Å². The Bertz CT molecular complexity index is 327. The van der Waals surface area contributed by atoms with Crippen LogP contribution in [0.3, 0.4) is 0 Å². The monoisotopic (exact) mass is 252 g/mol. The molecule has 4 nitrogen and oxygen atoms in total. The summed E-state index contributed by atoms with van der Waals surface area (Å²) in [7, 11) is 3.66. The van der Waals surface area contributed by atoms with Gasteiger partial charge in [-0.2, -0.15) is 0 Å². The minimum atomic E-state index is -0.381. The van der Waals surface area contributed by atoms with E-state index < -0.39 is 0 Å². The van der Waals surface area contributed by atoms with Crippen LogP contribution in [0.4, 0.5) is 5.69 Å². The molecular formula is C14H24N2O2. The Labute approximate surface area is 110 Å². The van der Waals surface area contributed by atoms with Gasteiger partial charge in [0.05, 0.1) is 12.7 Å². The van der Waals surface area contributed by atoms with Gasteiger partial charge in [0.1, 0.15) is 0 Å². The second-order valence-electron chi connectivity index (χ2n) is 4.57. The van der Waals surface area contributed by atoms with Crippen LogP contribution in [0.15, 0.2) is 24.3 Å². The van der Waals surface area contributed by atoms with Gasteiger partial charge in [-0.3, -0.25) is 0 Å². The molecule has 1 aromatic rings. The topological polar surface area (TPSA) is 44.7 Å². The Hall–Kier alpha value is -1.10. The van der Waals surface area contributed by atoms with E-state index >= 15 is 0 Å². The van der Waals surface area contributed by atoms with Crippen molar-refractivity contribution in [3.05, 3.63) is 29.8 Å². The van der Waals surface area contributed by atoms with Gasteiger partial charge in [-0.05, 0) is 19.1 Å². The number of aliphatic hydroxyl groups excluding tert-OH is 1. The smallest absolute Gasteiger partial charge is 0.0839 e. The predicted molar refractivity (Wildman–Crippen MR) is 75.2 cm³/mol. The first-order chi connectivity index (χ1) is 8.63. The number of rotatable bonds is 8. The number of nitrogens with one attached hydrogen (secondary N) is 1. The lowest BCUT2D eigenvalue weighted by atomic mass is 10.2. The lowest BCUT2D eigenvalue weighted by molar-refractivity contribution is 0.164. The summed E-state index contributed by atoms with van der Waals surface area (Å²) in [5, 5.41) is 13.0. The molecule has 1 rings (SSSR count). The second kappa shape index (κ2) is 8.08. The lowest BCUT2D eigenvalue weighted by Gasteiger charge is -2.23. The number of hydrogen-bond acceptors (Lipinski definition) is 4. The zero-order chi connectivity index (χ0) is 13.4. The van der Waals surface area contributed by atoms with Crippen LogP contribution in [-0.4, -0.2) is 51.6 Å². The van der Waals surface area contributed by atoms with Crippen molar-refractivity contribution in [2.45, 2.75) is 13.0 Å². The van der Waals surface area contributed by atoms with E-state index in [1.54, 1.807) is 7.11 Å². The van der Waals surface area contributed by atoms with Crippen molar-refractivity contribution in [1.29, 1.82) is 0 Å². The molecule has 0 aliphatic carbocycles. The van der Waals surface area contributed by atoms with Gasteiger partial charge >= 0.3 is 0 Å². The van der Waals surface area contributed by atoms with Crippen molar-refractivity contribution in [3.63, 3.8) is 0 Å². The third-order valence-corrected chi connectivity index (χ3v) is 2.82. The molecule has 1 atom stereocenters.